The maximum atomic E-state index is 5.43. The molecule has 118 valence electrons. The van der Waals surface area contributed by atoms with E-state index in [1.165, 1.54) is 25.7 Å². The third-order valence-corrected chi connectivity index (χ3v) is 4.27. The summed E-state index contributed by atoms with van der Waals surface area (Å²) in [5, 5.41) is 2.97. The third-order valence-electron chi connectivity index (χ3n) is 4.27. The molecule has 2 rings (SSSR count). The van der Waals surface area contributed by atoms with Gasteiger partial charge in [-0.1, -0.05) is 13.8 Å². The Labute approximate surface area is 127 Å². The first kappa shape index (κ1) is 15.8. The summed E-state index contributed by atoms with van der Waals surface area (Å²) in [6.45, 7) is 7.17. The van der Waals surface area contributed by atoms with E-state index in [1.807, 2.05) is 6.92 Å². The van der Waals surface area contributed by atoms with Gasteiger partial charge in [-0.3, -0.25) is 0 Å². The van der Waals surface area contributed by atoms with Crippen molar-refractivity contribution in [2.75, 3.05) is 30.9 Å². The third kappa shape index (κ3) is 3.95. The summed E-state index contributed by atoms with van der Waals surface area (Å²) in [4.78, 5) is 15.3. The van der Waals surface area contributed by atoms with Crippen LogP contribution < -0.4 is 15.0 Å². The second-order valence-corrected chi connectivity index (χ2v) is 6.43. The molecule has 21 heavy (non-hydrogen) atoms. The monoisotopic (exact) mass is 293 g/mol. The van der Waals surface area contributed by atoms with Crippen LogP contribution in [0.15, 0.2) is 0 Å². The number of aromatic nitrogens is 3. The van der Waals surface area contributed by atoms with Crippen LogP contribution in [0.3, 0.4) is 0 Å². The van der Waals surface area contributed by atoms with Gasteiger partial charge in [-0.15, -0.1) is 0 Å². The largest absolute Gasteiger partial charge is 0.464 e. The predicted molar refractivity (Wildman–Crippen MR) is 85.0 cm³/mol. The van der Waals surface area contributed by atoms with Gasteiger partial charge in [0.1, 0.15) is 0 Å². The topological polar surface area (TPSA) is 63.2 Å². The van der Waals surface area contributed by atoms with E-state index >= 15 is 0 Å². The molecule has 1 aromatic heterocycles. The van der Waals surface area contributed by atoms with Crippen molar-refractivity contribution in [3.05, 3.63) is 0 Å². The molecule has 0 bridgehead atoms. The lowest BCUT2D eigenvalue weighted by Crippen LogP contribution is -2.38. The number of nitrogens with zero attached hydrogens (tertiary/aromatic N) is 4. The molecule has 0 atom stereocenters. The van der Waals surface area contributed by atoms with Crippen molar-refractivity contribution in [3.63, 3.8) is 0 Å². The molecule has 1 aromatic rings. The summed E-state index contributed by atoms with van der Waals surface area (Å²) in [6.07, 6.45) is 4.83. The van der Waals surface area contributed by atoms with Crippen LogP contribution in [0.1, 0.15) is 46.5 Å². The highest BCUT2D eigenvalue weighted by Gasteiger charge is 2.30. The van der Waals surface area contributed by atoms with Crippen LogP contribution in [0.25, 0.3) is 0 Å². The van der Waals surface area contributed by atoms with Gasteiger partial charge in [-0.2, -0.15) is 15.0 Å². The Kier molecular flexibility index (Phi) is 4.85. The highest BCUT2D eigenvalue weighted by molar-refractivity contribution is 5.38. The molecular formula is C15H27N5O. The zero-order valence-electron chi connectivity index (χ0n) is 13.8. The van der Waals surface area contributed by atoms with Crippen molar-refractivity contribution in [1.29, 1.82) is 0 Å². The van der Waals surface area contributed by atoms with Crippen molar-refractivity contribution >= 4 is 11.9 Å². The van der Waals surface area contributed by atoms with E-state index in [4.69, 9.17) is 4.74 Å². The number of anilines is 2. The Bertz CT molecular complexity index is 467. The molecule has 1 heterocycles. The van der Waals surface area contributed by atoms with Gasteiger partial charge in [0, 0.05) is 20.1 Å². The number of nitrogens with one attached hydrogen (secondary N) is 1. The lowest BCUT2D eigenvalue weighted by Gasteiger charge is -2.38. The molecule has 0 aliphatic heterocycles. The molecule has 1 N–H and O–H groups in total. The molecule has 1 aliphatic carbocycles. The van der Waals surface area contributed by atoms with Crippen molar-refractivity contribution in [2.45, 2.75) is 52.5 Å². The van der Waals surface area contributed by atoms with Crippen LogP contribution in [0.2, 0.25) is 0 Å². The second kappa shape index (κ2) is 6.45. The Balaban J connectivity index is 2.14. The van der Waals surface area contributed by atoms with Gasteiger partial charge < -0.3 is 15.0 Å². The van der Waals surface area contributed by atoms with E-state index in [9.17, 15) is 0 Å². The first-order valence-electron chi connectivity index (χ1n) is 7.74. The zero-order chi connectivity index (χ0) is 15.5. The first-order valence-corrected chi connectivity index (χ1v) is 7.74. The molecule has 1 aliphatic rings. The number of hydrogen-bond acceptors (Lipinski definition) is 6. The van der Waals surface area contributed by atoms with Crippen LogP contribution >= 0.6 is 0 Å². The summed E-state index contributed by atoms with van der Waals surface area (Å²) < 4.78 is 5.43. The summed E-state index contributed by atoms with van der Waals surface area (Å²) in [6, 6.07) is 0.870. The fraction of sp³-hybridized carbons (Fsp3) is 0.800. The van der Waals surface area contributed by atoms with Crippen molar-refractivity contribution in [2.24, 2.45) is 5.41 Å². The fourth-order valence-corrected chi connectivity index (χ4v) is 2.74. The van der Waals surface area contributed by atoms with Crippen LogP contribution in [-0.2, 0) is 0 Å². The number of ether oxygens (including phenoxy) is 1. The van der Waals surface area contributed by atoms with Gasteiger partial charge >= 0.3 is 6.01 Å². The van der Waals surface area contributed by atoms with Gasteiger partial charge in [0.15, 0.2) is 0 Å². The van der Waals surface area contributed by atoms with E-state index in [0.717, 1.165) is 0 Å². The second-order valence-electron chi connectivity index (χ2n) is 6.43. The first-order chi connectivity index (χ1) is 9.95. The van der Waals surface area contributed by atoms with Crippen molar-refractivity contribution in [1.82, 2.24) is 15.0 Å². The minimum atomic E-state index is 0.384. The predicted octanol–water partition coefficient (Wildman–Crippen LogP) is 2.72. The van der Waals surface area contributed by atoms with Crippen LogP contribution in [-0.4, -0.2) is 41.7 Å². The quantitative estimate of drug-likeness (QED) is 0.900. The minimum Gasteiger partial charge on any atom is -0.464 e. The molecule has 0 radical (unpaired) electrons. The molecule has 0 saturated heterocycles. The minimum absolute atomic E-state index is 0.384. The summed E-state index contributed by atoms with van der Waals surface area (Å²) in [5.41, 5.74) is 0.461. The van der Waals surface area contributed by atoms with E-state index in [2.05, 4.69) is 46.1 Å². The summed E-state index contributed by atoms with van der Waals surface area (Å²) in [7, 11) is 3.87. The lowest BCUT2D eigenvalue weighted by atomic mass is 9.75. The molecule has 0 amide bonds. The molecule has 1 saturated carbocycles. The Hall–Kier alpha value is -1.59. The number of rotatable bonds is 5. The molecule has 1 fully saturated rings. The van der Waals surface area contributed by atoms with Crippen LogP contribution in [0, 0.1) is 5.41 Å². The van der Waals surface area contributed by atoms with Crippen LogP contribution in [0.4, 0.5) is 11.9 Å². The molecule has 0 unspecified atom stereocenters. The Morgan fingerprint density at radius 3 is 2.48 bits per heavy atom. The van der Waals surface area contributed by atoms with Gasteiger partial charge in [0.05, 0.1) is 6.61 Å². The fourth-order valence-electron chi connectivity index (χ4n) is 2.74. The van der Waals surface area contributed by atoms with E-state index in [0.29, 0.717) is 36.0 Å². The average molecular weight is 293 g/mol. The smallest absolute Gasteiger partial charge is 0.323 e. The van der Waals surface area contributed by atoms with Crippen LogP contribution in [0.5, 0.6) is 6.01 Å². The Morgan fingerprint density at radius 2 is 1.90 bits per heavy atom. The van der Waals surface area contributed by atoms with Gasteiger partial charge in [-0.25, -0.2) is 0 Å². The van der Waals surface area contributed by atoms with Gasteiger partial charge in [-0.05, 0) is 38.0 Å². The molecule has 0 spiro atoms. The van der Waals surface area contributed by atoms with Gasteiger partial charge in [0.2, 0.25) is 11.9 Å². The number of hydrogen-bond donors (Lipinski definition) is 1. The van der Waals surface area contributed by atoms with Crippen molar-refractivity contribution in [3.8, 4) is 6.01 Å². The normalized spacial score (nSPS) is 18.3. The average Bonchev–Trinajstić information content (AvgIpc) is 2.46. The highest BCUT2D eigenvalue weighted by Crippen LogP contribution is 2.37. The van der Waals surface area contributed by atoms with Gasteiger partial charge in [0.25, 0.3) is 0 Å². The zero-order valence-corrected chi connectivity index (χ0v) is 13.8. The Morgan fingerprint density at radius 1 is 1.24 bits per heavy atom. The standard InChI is InChI=1S/C15H27N5O/c1-6-21-14-18-12(16-4)17-13(19-14)20(5)11-7-9-15(2,3)10-8-11/h11H,6-10H2,1-5H3,(H,16,17,18,19). The van der Waals surface area contributed by atoms with E-state index < -0.39 is 0 Å². The summed E-state index contributed by atoms with van der Waals surface area (Å²) in [5.74, 6) is 1.23. The molecule has 6 nitrogen and oxygen atoms in total. The molecule has 6 heteroatoms. The molecular weight excluding hydrogens is 266 g/mol. The SMILES string of the molecule is CCOc1nc(NC)nc(N(C)C2CCC(C)(C)CC2)n1. The maximum absolute atomic E-state index is 5.43. The van der Waals surface area contributed by atoms with E-state index in [1.54, 1.807) is 7.05 Å². The van der Waals surface area contributed by atoms with Crippen molar-refractivity contribution < 1.29 is 4.74 Å². The summed E-state index contributed by atoms with van der Waals surface area (Å²) >= 11 is 0. The maximum Gasteiger partial charge on any atom is 0.323 e. The van der Waals surface area contributed by atoms with E-state index in [-0.39, 0.29) is 0 Å². The lowest BCUT2D eigenvalue weighted by molar-refractivity contribution is 0.221. The highest BCUT2D eigenvalue weighted by atomic mass is 16.5. The molecule has 0 aromatic carbocycles.